The van der Waals surface area contributed by atoms with E-state index < -0.39 is 0 Å². The predicted molar refractivity (Wildman–Crippen MR) is 121 cm³/mol. The van der Waals surface area contributed by atoms with E-state index in [1.165, 1.54) is 0 Å². The van der Waals surface area contributed by atoms with Gasteiger partial charge in [-0.3, -0.25) is 4.79 Å². The minimum Gasteiger partial charge on any atom is -0.399 e. The summed E-state index contributed by atoms with van der Waals surface area (Å²) in [6, 6.07) is 16.2. The number of carbonyl (C=O) groups excluding carboxylic acids is 1. The van der Waals surface area contributed by atoms with Gasteiger partial charge in [0.05, 0.1) is 11.0 Å². The number of anilines is 1. The molecule has 0 unspecified atom stereocenters. The second-order valence-electron chi connectivity index (χ2n) is 6.78. The van der Waals surface area contributed by atoms with Crippen LogP contribution in [-0.4, -0.2) is 22.0 Å². The van der Waals surface area contributed by atoms with Gasteiger partial charge in [-0.1, -0.05) is 30.3 Å². The van der Waals surface area contributed by atoms with Crippen LogP contribution in [0.4, 0.5) is 5.69 Å². The number of benzene rings is 2. The summed E-state index contributed by atoms with van der Waals surface area (Å²) in [6.45, 7) is 4.89. The highest BCUT2D eigenvalue weighted by molar-refractivity contribution is 5.85. The smallest absolute Gasteiger partial charge is 0.220 e. The molecule has 28 heavy (non-hydrogen) atoms. The van der Waals surface area contributed by atoms with Crippen molar-refractivity contribution < 1.29 is 4.79 Å². The molecule has 5 nitrogen and oxygen atoms in total. The first-order valence-electron chi connectivity index (χ1n) is 9.12. The van der Waals surface area contributed by atoms with Crippen LogP contribution in [0.1, 0.15) is 37.7 Å². The number of hydrogen-bond donors (Lipinski definition) is 2. The van der Waals surface area contributed by atoms with Crippen LogP contribution < -0.4 is 11.1 Å². The van der Waals surface area contributed by atoms with Gasteiger partial charge in [-0.15, -0.1) is 24.8 Å². The van der Waals surface area contributed by atoms with Gasteiger partial charge in [-0.05, 0) is 44.0 Å². The Balaban J connectivity index is 0.00000196. The average molecular weight is 423 g/mol. The zero-order valence-corrected chi connectivity index (χ0v) is 17.9. The van der Waals surface area contributed by atoms with E-state index in [4.69, 9.17) is 10.7 Å². The molecule has 0 aliphatic rings. The molecule has 0 radical (unpaired) electrons. The monoisotopic (exact) mass is 422 g/mol. The molecule has 3 N–H and O–H groups in total. The number of nitrogens with two attached hydrogens (primary N) is 1. The minimum absolute atomic E-state index is 0. The molecule has 0 atom stereocenters. The first-order valence-corrected chi connectivity index (χ1v) is 9.12. The topological polar surface area (TPSA) is 72.9 Å². The van der Waals surface area contributed by atoms with Gasteiger partial charge in [0.15, 0.2) is 0 Å². The standard InChI is InChI=1S/C21H26N4O.2ClH/c1-15(2)25-19-10-6-5-9-18(19)24-20(25)13-14-23-21(26)12-11-16-7-3-4-8-17(16)22;;/h3-10,15H,11-14,22H2,1-2H3,(H,23,26);2*1H. The molecule has 7 heteroatoms. The van der Waals surface area contributed by atoms with Crippen molar-refractivity contribution in [1.29, 1.82) is 0 Å². The van der Waals surface area contributed by atoms with Crippen molar-refractivity contribution in [2.75, 3.05) is 12.3 Å². The molecule has 0 aliphatic heterocycles. The van der Waals surface area contributed by atoms with Gasteiger partial charge >= 0.3 is 0 Å². The first-order chi connectivity index (χ1) is 12.6. The van der Waals surface area contributed by atoms with Gasteiger partial charge < -0.3 is 15.6 Å². The highest BCUT2D eigenvalue weighted by Gasteiger charge is 2.13. The number of halogens is 2. The third-order valence-corrected chi connectivity index (χ3v) is 4.53. The van der Waals surface area contributed by atoms with Crippen molar-refractivity contribution in [2.45, 2.75) is 39.2 Å². The number of amides is 1. The zero-order chi connectivity index (χ0) is 18.5. The van der Waals surface area contributed by atoms with E-state index >= 15 is 0 Å². The van der Waals surface area contributed by atoms with E-state index in [0.29, 0.717) is 31.8 Å². The molecular formula is C21H28Cl2N4O. The highest BCUT2D eigenvalue weighted by Crippen LogP contribution is 2.21. The Morgan fingerprint density at radius 3 is 2.46 bits per heavy atom. The van der Waals surface area contributed by atoms with Crippen LogP contribution in [0.2, 0.25) is 0 Å². The number of hydrogen-bond acceptors (Lipinski definition) is 3. The number of nitrogens with zero attached hydrogens (tertiary/aromatic N) is 2. The molecule has 1 heterocycles. The fourth-order valence-electron chi connectivity index (χ4n) is 3.26. The Morgan fingerprint density at radius 2 is 1.75 bits per heavy atom. The molecule has 0 saturated heterocycles. The minimum atomic E-state index is 0. The summed E-state index contributed by atoms with van der Waals surface area (Å²) >= 11 is 0. The molecule has 152 valence electrons. The van der Waals surface area contributed by atoms with Gasteiger partial charge in [-0.25, -0.2) is 4.98 Å². The number of nitrogen functional groups attached to an aromatic ring is 1. The van der Waals surface area contributed by atoms with E-state index in [1.54, 1.807) is 0 Å². The second-order valence-corrected chi connectivity index (χ2v) is 6.78. The molecule has 0 fully saturated rings. The number of para-hydroxylation sites is 3. The van der Waals surface area contributed by atoms with E-state index in [-0.39, 0.29) is 30.7 Å². The molecule has 3 aromatic rings. The van der Waals surface area contributed by atoms with Gasteiger partial charge in [0, 0.05) is 31.1 Å². The first kappa shape index (κ1) is 23.8. The number of aromatic nitrogens is 2. The van der Waals surface area contributed by atoms with Crippen LogP contribution >= 0.6 is 24.8 Å². The molecule has 1 amide bonds. The number of carbonyl (C=O) groups is 1. The van der Waals surface area contributed by atoms with Crippen LogP contribution in [0.15, 0.2) is 48.5 Å². The van der Waals surface area contributed by atoms with E-state index in [9.17, 15) is 4.79 Å². The fraction of sp³-hybridized carbons (Fsp3) is 0.333. The Hall–Kier alpha value is -2.24. The van der Waals surface area contributed by atoms with Gasteiger partial charge in [0.1, 0.15) is 5.82 Å². The largest absolute Gasteiger partial charge is 0.399 e. The fourth-order valence-corrected chi connectivity index (χ4v) is 3.26. The maximum atomic E-state index is 12.1. The summed E-state index contributed by atoms with van der Waals surface area (Å²) in [7, 11) is 0. The highest BCUT2D eigenvalue weighted by atomic mass is 35.5. The molecule has 0 spiro atoms. The van der Waals surface area contributed by atoms with Crippen LogP contribution in [0.25, 0.3) is 11.0 Å². The summed E-state index contributed by atoms with van der Waals surface area (Å²) < 4.78 is 2.24. The summed E-state index contributed by atoms with van der Waals surface area (Å²) in [5.41, 5.74) is 9.83. The van der Waals surface area contributed by atoms with Crippen molar-refractivity contribution in [3.05, 3.63) is 59.9 Å². The number of imidazole rings is 1. The van der Waals surface area contributed by atoms with Crippen molar-refractivity contribution in [3.8, 4) is 0 Å². The Morgan fingerprint density at radius 1 is 1.07 bits per heavy atom. The summed E-state index contributed by atoms with van der Waals surface area (Å²) in [6.07, 6.45) is 1.81. The number of nitrogens with one attached hydrogen (secondary N) is 1. The maximum absolute atomic E-state index is 12.1. The van der Waals surface area contributed by atoms with Crippen molar-refractivity contribution in [3.63, 3.8) is 0 Å². The van der Waals surface area contributed by atoms with Crippen LogP contribution in [0.3, 0.4) is 0 Å². The lowest BCUT2D eigenvalue weighted by atomic mass is 10.1. The molecule has 2 aromatic carbocycles. The molecule has 0 bridgehead atoms. The lowest BCUT2D eigenvalue weighted by molar-refractivity contribution is -0.121. The molecular weight excluding hydrogens is 395 g/mol. The summed E-state index contributed by atoms with van der Waals surface area (Å²) in [4.78, 5) is 16.9. The van der Waals surface area contributed by atoms with Gasteiger partial charge in [0.25, 0.3) is 0 Å². The van der Waals surface area contributed by atoms with Crippen molar-refractivity contribution in [2.24, 2.45) is 0 Å². The predicted octanol–water partition coefficient (Wildman–Crippen LogP) is 4.33. The molecule has 0 aliphatic carbocycles. The Kier molecular flexibility index (Phi) is 9.29. The summed E-state index contributed by atoms with van der Waals surface area (Å²) in [5, 5.41) is 3.00. The molecule has 0 saturated carbocycles. The lowest BCUT2D eigenvalue weighted by Gasteiger charge is -2.13. The van der Waals surface area contributed by atoms with E-state index in [0.717, 1.165) is 28.1 Å². The molecule has 3 rings (SSSR count). The molecule has 1 aromatic heterocycles. The lowest BCUT2D eigenvalue weighted by Crippen LogP contribution is -2.27. The number of fused-ring (bicyclic) bond motifs is 1. The van der Waals surface area contributed by atoms with Crippen LogP contribution in [0, 0.1) is 0 Å². The normalized spacial score (nSPS) is 10.4. The van der Waals surface area contributed by atoms with Gasteiger partial charge in [0.2, 0.25) is 5.91 Å². The number of aryl methyl sites for hydroxylation is 1. The second kappa shape index (κ2) is 10.9. The Bertz CT molecular complexity index is 908. The summed E-state index contributed by atoms with van der Waals surface area (Å²) in [5.74, 6) is 1.05. The average Bonchev–Trinajstić information content (AvgIpc) is 2.99. The third kappa shape index (κ3) is 5.63. The maximum Gasteiger partial charge on any atom is 0.220 e. The van der Waals surface area contributed by atoms with E-state index in [1.807, 2.05) is 42.5 Å². The third-order valence-electron chi connectivity index (χ3n) is 4.53. The Labute approximate surface area is 178 Å². The van der Waals surface area contributed by atoms with Crippen LogP contribution in [-0.2, 0) is 17.6 Å². The van der Waals surface area contributed by atoms with Crippen molar-refractivity contribution in [1.82, 2.24) is 14.9 Å². The van der Waals surface area contributed by atoms with Crippen molar-refractivity contribution >= 4 is 47.4 Å². The zero-order valence-electron chi connectivity index (χ0n) is 16.2. The van der Waals surface area contributed by atoms with E-state index in [2.05, 4.69) is 29.8 Å². The SMILES string of the molecule is CC(C)n1c(CCNC(=O)CCc2ccccc2N)nc2ccccc21.Cl.Cl. The van der Waals surface area contributed by atoms with Gasteiger partial charge in [-0.2, -0.15) is 0 Å². The number of rotatable bonds is 7. The van der Waals surface area contributed by atoms with Crippen LogP contribution in [0.5, 0.6) is 0 Å². The quantitative estimate of drug-likeness (QED) is 0.556.